The maximum atomic E-state index is 12.6. The first kappa shape index (κ1) is 21.0. The summed E-state index contributed by atoms with van der Waals surface area (Å²) < 4.78 is 6.12. The summed E-state index contributed by atoms with van der Waals surface area (Å²) in [5.41, 5.74) is 1.78. The molecule has 1 heterocycles. The predicted molar refractivity (Wildman–Crippen MR) is 115 cm³/mol. The lowest BCUT2D eigenvalue weighted by Gasteiger charge is -2.17. The highest BCUT2D eigenvalue weighted by molar-refractivity contribution is 9.10. The lowest BCUT2D eigenvalue weighted by atomic mass is 10.1. The molecule has 1 atom stereocenters. The Hall–Kier alpha value is -2.67. The fraction of sp³-hybridized carbons (Fsp3) is 0.318. The van der Waals surface area contributed by atoms with Crippen LogP contribution in [0, 0.1) is 11.8 Å². The molecule has 0 unspecified atom stereocenters. The second-order valence-corrected chi connectivity index (χ2v) is 8.36. The van der Waals surface area contributed by atoms with Crippen LogP contribution in [0.4, 0.5) is 11.4 Å². The number of anilines is 2. The summed E-state index contributed by atoms with van der Waals surface area (Å²) in [7, 11) is 0. The summed E-state index contributed by atoms with van der Waals surface area (Å²) in [6, 6.07) is 14.0. The number of benzene rings is 2. The highest BCUT2D eigenvalue weighted by Gasteiger charge is 2.35. The van der Waals surface area contributed by atoms with E-state index in [-0.39, 0.29) is 30.1 Å². The van der Waals surface area contributed by atoms with Crippen LogP contribution in [0.3, 0.4) is 0 Å². The van der Waals surface area contributed by atoms with Crippen molar-refractivity contribution in [3.63, 3.8) is 0 Å². The zero-order chi connectivity index (χ0) is 21.0. The van der Waals surface area contributed by atoms with Crippen molar-refractivity contribution in [1.29, 1.82) is 0 Å². The van der Waals surface area contributed by atoms with Crippen LogP contribution >= 0.6 is 15.9 Å². The molecule has 0 radical (unpaired) electrons. The summed E-state index contributed by atoms with van der Waals surface area (Å²) in [6.07, 6.45) is 0.168. The van der Waals surface area contributed by atoms with Crippen molar-refractivity contribution < 1.29 is 19.1 Å². The molecule has 0 aliphatic carbocycles. The van der Waals surface area contributed by atoms with Crippen LogP contribution in [0.1, 0.15) is 30.6 Å². The van der Waals surface area contributed by atoms with Crippen molar-refractivity contribution in [2.45, 2.75) is 20.3 Å². The van der Waals surface area contributed by atoms with Gasteiger partial charge in [0.1, 0.15) is 0 Å². The van der Waals surface area contributed by atoms with E-state index in [9.17, 15) is 14.4 Å². The minimum Gasteiger partial charge on any atom is -0.462 e. The molecule has 1 N–H and O–H groups in total. The molecule has 2 aromatic rings. The number of ether oxygens (including phenoxy) is 1. The molecule has 3 rings (SSSR count). The Kier molecular flexibility index (Phi) is 6.69. The van der Waals surface area contributed by atoms with E-state index in [4.69, 9.17) is 4.74 Å². The molecule has 1 fully saturated rings. The molecule has 29 heavy (non-hydrogen) atoms. The highest BCUT2D eigenvalue weighted by atomic mass is 79.9. The topological polar surface area (TPSA) is 75.7 Å². The van der Waals surface area contributed by atoms with E-state index in [0.717, 1.165) is 10.2 Å². The maximum absolute atomic E-state index is 12.6. The molecule has 7 heteroatoms. The standard InChI is InChI=1S/C22H23BrN2O4/c1-14(2)13-29-22(28)15-3-7-18(8-4-15)24-21(27)16-11-20(26)25(12-16)19-9-5-17(23)6-10-19/h3-10,14,16H,11-13H2,1-2H3,(H,24,27)/t16-/m0/s1. The van der Waals surface area contributed by atoms with Crippen molar-refractivity contribution in [2.75, 3.05) is 23.4 Å². The van der Waals surface area contributed by atoms with Gasteiger partial charge in [0.25, 0.3) is 0 Å². The Bertz CT molecular complexity index is 894. The largest absolute Gasteiger partial charge is 0.462 e. The maximum Gasteiger partial charge on any atom is 0.338 e. The minimum atomic E-state index is -0.429. The average molecular weight is 459 g/mol. The first-order valence-electron chi connectivity index (χ1n) is 9.47. The van der Waals surface area contributed by atoms with Gasteiger partial charge in [0.05, 0.1) is 18.1 Å². The Morgan fingerprint density at radius 3 is 2.41 bits per heavy atom. The molecule has 1 aliphatic heterocycles. The van der Waals surface area contributed by atoms with Crippen LogP contribution in [-0.4, -0.2) is 30.9 Å². The van der Waals surface area contributed by atoms with Crippen molar-refractivity contribution in [3.8, 4) is 0 Å². The van der Waals surface area contributed by atoms with Crippen LogP contribution in [0.25, 0.3) is 0 Å². The number of halogens is 1. The van der Waals surface area contributed by atoms with Gasteiger partial charge in [-0.2, -0.15) is 0 Å². The van der Waals surface area contributed by atoms with Gasteiger partial charge in [0.15, 0.2) is 0 Å². The minimum absolute atomic E-state index is 0.0734. The Morgan fingerprint density at radius 1 is 1.14 bits per heavy atom. The molecule has 0 saturated carbocycles. The van der Waals surface area contributed by atoms with Gasteiger partial charge in [-0.3, -0.25) is 9.59 Å². The number of carbonyl (C=O) groups excluding carboxylic acids is 3. The molecule has 0 spiro atoms. The summed E-state index contributed by atoms with van der Waals surface area (Å²) in [6.45, 7) is 4.64. The molecule has 6 nitrogen and oxygen atoms in total. The Morgan fingerprint density at radius 2 is 1.79 bits per heavy atom. The third-order valence-corrected chi connectivity index (χ3v) is 5.10. The van der Waals surface area contributed by atoms with Gasteiger partial charge in [-0.15, -0.1) is 0 Å². The third-order valence-electron chi connectivity index (χ3n) is 4.57. The van der Waals surface area contributed by atoms with Gasteiger partial charge in [0.2, 0.25) is 11.8 Å². The molecule has 0 bridgehead atoms. The molecular formula is C22H23BrN2O4. The lowest BCUT2D eigenvalue weighted by molar-refractivity contribution is -0.122. The normalized spacial score (nSPS) is 16.2. The Balaban J connectivity index is 1.58. The van der Waals surface area contributed by atoms with Gasteiger partial charge in [-0.05, 0) is 54.4 Å². The van der Waals surface area contributed by atoms with E-state index in [2.05, 4.69) is 21.2 Å². The fourth-order valence-corrected chi connectivity index (χ4v) is 3.28. The molecule has 2 amide bonds. The fourth-order valence-electron chi connectivity index (χ4n) is 3.01. The number of hydrogen-bond donors (Lipinski definition) is 1. The molecule has 2 aromatic carbocycles. The summed E-state index contributed by atoms with van der Waals surface area (Å²) in [4.78, 5) is 38.5. The highest BCUT2D eigenvalue weighted by Crippen LogP contribution is 2.27. The van der Waals surface area contributed by atoms with E-state index in [1.807, 2.05) is 38.1 Å². The van der Waals surface area contributed by atoms with Gasteiger partial charge < -0.3 is 15.0 Å². The number of carbonyl (C=O) groups is 3. The van der Waals surface area contributed by atoms with Gasteiger partial charge in [-0.25, -0.2) is 4.79 Å². The zero-order valence-corrected chi connectivity index (χ0v) is 17.9. The third kappa shape index (κ3) is 5.44. The van der Waals surface area contributed by atoms with Crippen LogP contribution < -0.4 is 10.2 Å². The molecule has 1 saturated heterocycles. The van der Waals surface area contributed by atoms with E-state index in [0.29, 0.717) is 24.4 Å². The van der Waals surface area contributed by atoms with Crippen LogP contribution in [0.5, 0.6) is 0 Å². The van der Waals surface area contributed by atoms with Crippen molar-refractivity contribution >= 4 is 45.1 Å². The van der Waals surface area contributed by atoms with Gasteiger partial charge in [-0.1, -0.05) is 29.8 Å². The lowest BCUT2D eigenvalue weighted by Crippen LogP contribution is -2.28. The quantitative estimate of drug-likeness (QED) is 0.656. The molecule has 152 valence electrons. The summed E-state index contributed by atoms with van der Waals surface area (Å²) >= 11 is 3.37. The van der Waals surface area contributed by atoms with E-state index in [1.54, 1.807) is 29.2 Å². The number of esters is 1. The summed E-state index contributed by atoms with van der Waals surface area (Å²) in [5, 5.41) is 2.82. The molecule has 0 aromatic heterocycles. The number of hydrogen-bond acceptors (Lipinski definition) is 4. The SMILES string of the molecule is CC(C)COC(=O)c1ccc(NC(=O)[C@H]2CC(=O)N(c3ccc(Br)cc3)C2)cc1. The smallest absolute Gasteiger partial charge is 0.338 e. The second-order valence-electron chi connectivity index (χ2n) is 7.44. The van der Waals surface area contributed by atoms with Gasteiger partial charge >= 0.3 is 5.97 Å². The summed E-state index contributed by atoms with van der Waals surface area (Å²) in [5.74, 6) is -0.836. The first-order valence-corrected chi connectivity index (χ1v) is 10.3. The van der Waals surface area contributed by atoms with Crippen molar-refractivity contribution in [2.24, 2.45) is 11.8 Å². The van der Waals surface area contributed by atoms with Crippen molar-refractivity contribution in [1.82, 2.24) is 0 Å². The Labute approximate surface area is 178 Å². The molecular weight excluding hydrogens is 436 g/mol. The second kappa shape index (κ2) is 9.22. The van der Waals surface area contributed by atoms with E-state index < -0.39 is 5.92 Å². The number of nitrogens with one attached hydrogen (secondary N) is 1. The van der Waals surface area contributed by atoms with Gasteiger partial charge in [0, 0.05) is 28.8 Å². The van der Waals surface area contributed by atoms with E-state index >= 15 is 0 Å². The predicted octanol–water partition coefficient (Wildman–Crippen LogP) is 4.25. The number of amides is 2. The number of nitrogens with zero attached hydrogens (tertiary/aromatic N) is 1. The average Bonchev–Trinajstić information content (AvgIpc) is 3.09. The van der Waals surface area contributed by atoms with Crippen LogP contribution in [-0.2, 0) is 14.3 Å². The van der Waals surface area contributed by atoms with E-state index in [1.165, 1.54) is 0 Å². The van der Waals surface area contributed by atoms with Crippen LogP contribution in [0.2, 0.25) is 0 Å². The monoisotopic (exact) mass is 458 g/mol. The van der Waals surface area contributed by atoms with Crippen molar-refractivity contribution in [3.05, 3.63) is 58.6 Å². The first-order chi connectivity index (χ1) is 13.8. The number of rotatable bonds is 6. The zero-order valence-electron chi connectivity index (χ0n) is 16.4. The van der Waals surface area contributed by atoms with Crippen LogP contribution in [0.15, 0.2) is 53.0 Å². The molecule has 1 aliphatic rings.